The van der Waals surface area contributed by atoms with E-state index in [-0.39, 0.29) is 11.8 Å². The molecular weight excluding hydrogens is 431 g/mol. The number of unbranched alkanes of at least 4 members (excludes halogenated alkanes) is 1. The van der Waals surface area contributed by atoms with Gasteiger partial charge in [-0.3, -0.25) is 4.90 Å². The van der Waals surface area contributed by atoms with Crippen LogP contribution in [0.25, 0.3) is 10.8 Å². The summed E-state index contributed by atoms with van der Waals surface area (Å²) in [4.78, 5) is 16.6. The summed E-state index contributed by atoms with van der Waals surface area (Å²) in [5.74, 6) is 0.633. The van der Waals surface area contributed by atoms with Crippen molar-refractivity contribution in [2.45, 2.75) is 19.3 Å². The highest BCUT2D eigenvalue weighted by Gasteiger charge is 2.19. The van der Waals surface area contributed by atoms with Crippen molar-refractivity contribution in [2.24, 2.45) is 0 Å². The molecule has 2 aliphatic heterocycles. The van der Waals surface area contributed by atoms with Crippen LogP contribution in [-0.4, -0.2) is 56.8 Å². The second-order valence-electron chi connectivity index (χ2n) is 8.95. The molecule has 1 saturated heterocycles. The van der Waals surface area contributed by atoms with Gasteiger partial charge in [0.15, 0.2) is 0 Å². The Balaban J connectivity index is 1.06. The molecule has 34 heavy (non-hydrogen) atoms. The number of urea groups is 1. The molecular formula is C27H31FN4O2. The second kappa shape index (κ2) is 10.3. The van der Waals surface area contributed by atoms with E-state index >= 15 is 0 Å². The van der Waals surface area contributed by atoms with Gasteiger partial charge in [-0.1, -0.05) is 30.3 Å². The number of amides is 2. The maximum atomic E-state index is 14.2. The van der Waals surface area contributed by atoms with E-state index in [4.69, 9.17) is 4.74 Å². The van der Waals surface area contributed by atoms with Crippen LogP contribution in [0.2, 0.25) is 0 Å². The van der Waals surface area contributed by atoms with Gasteiger partial charge in [-0.15, -0.1) is 0 Å². The topological polar surface area (TPSA) is 56.8 Å². The summed E-state index contributed by atoms with van der Waals surface area (Å²) >= 11 is 0. The van der Waals surface area contributed by atoms with Crippen molar-refractivity contribution in [3.8, 4) is 5.75 Å². The normalized spacial score (nSPS) is 16.5. The Kier molecular flexibility index (Phi) is 6.81. The Bertz CT molecular complexity index is 1160. The third-order valence-electron chi connectivity index (χ3n) is 6.71. The number of piperazine rings is 1. The number of carbonyl (C=O) groups is 1. The van der Waals surface area contributed by atoms with Crippen molar-refractivity contribution in [3.05, 3.63) is 66.0 Å². The Morgan fingerprint density at radius 3 is 2.65 bits per heavy atom. The van der Waals surface area contributed by atoms with Crippen molar-refractivity contribution in [1.82, 2.24) is 10.2 Å². The molecule has 0 spiro atoms. The first kappa shape index (κ1) is 22.5. The van der Waals surface area contributed by atoms with Crippen LogP contribution in [0.1, 0.15) is 18.4 Å². The first-order chi connectivity index (χ1) is 16.7. The van der Waals surface area contributed by atoms with Crippen LogP contribution >= 0.6 is 0 Å². The molecule has 0 aromatic heterocycles. The third kappa shape index (κ3) is 5.09. The molecule has 7 heteroatoms. The monoisotopic (exact) mass is 462 g/mol. The minimum Gasteiger partial charge on any atom is -0.494 e. The number of halogens is 1. The van der Waals surface area contributed by atoms with E-state index in [1.807, 2.05) is 36.4 Å². The lowest BCUT2D eigenvalue weighted by Gasteiger charge is -2.36. The predicted molar refractivity (Wildman–Crippen MR) is 134 cm³/mol. The number of anilines is 2. The summed E-state index contributed by atoms with van der Waals surface area (Å²) in [6, 6.07) is 17.0. The number of hydrogen-bond acceptors (Lipinski definition) is 4. The molecule has 2 amide bonds. The van der Waals surface area contributed by atoms with Crippen molar-refractivity contribution in [2.75, 3.05) is 56.1 Å². The smallest absolute Gasteiger partial charge is 0.319 e. The highest BCUT2D eigenvalue weighted by molar-refractivity contribution is 5.94. The molecule has 0 saturated carbocycles. The Labute approximate surface area is 199 Å². The van der Waals surface area contributed by atoms with E-state index in [1.165, 1.54) is 6.07 Å². The van der Waals surface area contributed by atoms with Crippen molar-refractivity contribution < 1.29 is 13.9 Å². The van der Waals surface area contributed by atoms with Crippen LogP contribution in [0.5, 0.6) is 5.75 Å². The van der Waals surface area contributed by atoms with Crippen LogP contribution in [0.15, 0.2) is 54.6 Å². The van der Waals surface area contributed by atoms with E-state index in [0.29, 0.717) is 18.5 Å². The van der Waals surface area contributed by atoms with Gasteiger partial charge in [0.2, 0.25) is 0 Å². The number of hydrogen-bond donors (Lipinski definition) is 2. The first-order valence-corrected chi connectivity index (χ1v) is 12.1. The highest BCUT2D eigenvalue weighted by Crippen LogP contribution is 2.29. The largest absolute Gasteiger partial charge is 0.494 e. The van der Waals surface area contributed by atoms with Gasteiger partial charge in [-0.25, -0.2) is 9.18 Å². The van der Waals surface area contributed by atoms with Crippen LogP contribution in [0, 0.1) is 5.82 Å². The molecule has 6 nitrogen and oxygen atoms in total. The fourth-order valence-corrected chi connectivity index (χ4v) is 4.83. The van der Waals surface area contributed by atoms with Gasteiger partial charge < -0.3 is 20.3 Å². The van der Waals surface area contributed by atoms with Crippen LogP contribution in [0.3, 0.4) is 0 Å². The number of ether oxygens (including phenoxy) is 1. The minimum atomic E-state index is -0.163. The lowest BCUT2D eigenvalue weighted by Crippen LogP contribution is -2.46. The maximum absolute atomic E-state index is 14.2. The Morgan fingerprint density at radius 2 is 1.76 bits per heavy atom. The lowest BCUT2D eigenvalue weighted by atomic mass is 10.1. The van der Waals surface area contributed by atoms with Crippen molar-refractivity contribution in [1.29, 1.82) is 0 Å². The zero-order chi connectivity index (χ0) is 23.3. The predicted octanol–water partition coefficient (Wildman–Crippen LogP) is 4.64. The molecule has 1 fully saturated rings. The van der Waals surface area contributed by atoms with Gasteiger partial charge >= 0.3 is 6.03 Å². The molecule has 0 aliphatic carbocycles. The quantitative estimate of drug-likeness (QED) is 0.503. The standard InChI is InChI=1S/C27H31FN4O2/c28-24-7-3-6-23-22(24)5-4-8-26(23)32-16-14-31(15-17-32)13-1-2-18-34-21-10-9-20-11-12-29-27(33)30-25(20)19-21/h3-10,19H,1-2,11-18H2,(H2,29,30,33). The lowest BCUT2D eigenvalue weighted by molar-refractivity contribution is 0.239. The van der Waals surface area contributed by atoms with E-state index in [9.17, 15) is 9.18 Å². The molecule has 5 rings (SSSR count). The SMILES string of the molecule is O=C1NCCc2ccc(OCCCCN3CCN(c4cccc5c(F)cccc45)CC3)cc2N1. The summed E-state index contributed by atoms with van der Waals surface area (Å²) in [6.45, 7) is 6.26. The van der Waals surface area contributed by atoms with Crippen LogP contribution in [-0.2, 0) is 6.42 Å². The minimum absolute atomic E-state index is 0.159. The van der Waals surface area contributed by atoms with E-state index in [0.717, 1.165) is 80.1 Å². The van der Waals surface area contributed by atoms with Crippen molar-refractivity contribution in [3.63, 3.8) is 0 Å². The molecule has 2 heterocycles. The first-order valence-electron chi connectivity index (χ1n) is 12.1. The number of carbonyl (C=O) groups excluding carboxylic acids is 1. The average molecular weight is 463 g/mol. The van der Waals surface area contributed by atoms with Gasteiger partial charge in [0, 0.05) is 60.9 Å². The molecule has 0 bridgehead atoms. The Morgan fingerprint density at radius 1 is 0.941 bits per heavy atom. The van der Waals surface area contributed by atoms with Gasteiger partial charge in [-0.05, 0) is 49.6 Å². The molecule has 0 unspecified atom stereocenters. The van der Waals surface area contributed by atoms with Gasteiger partial charge in [0.05, 0.1) is 6.61 Å². The summed E-state index contributed by atoms with van der Waals surface area (Å²) < 4.78 is 20.1. The van der Waals surface area contributed by atoms with Crippen LogP contribution < -0.4 is 20.3 Å². The summed E-state index contributed by atoms with van der Waals surface area (Å²) in [7, 11) is 0. The van der Waals surface area contributed by atoms with Crippen molar-refractivity contribution >= 4 is 28.2 Å². The average Bonchev–Trinajstić information content (AvgIpc) is 3.04. The van der Waals surface area contributed by atoms with Gasteiger partial charge in [0.1, 0.15) is 11.6 Å². The molecule has 0 radical (unpaired) electrons. The zero-order valence-corrected chi connectivity index (χ0v) is 19.4. The van der Waals surface area contributed by atoms with E-state index in [2.05, 4.69) is 26.5 Å². The number of benzene rings is 3. The third-order valence-corrected chi connectivity index (χ3v) is 6.71. The summed E-state index contributed by atoms with van der Waals surface area (Å²) in [6.07, 6.45) is 2.87. The van der Waals surface area contributed by atoms with E-state index < -0.39 is 0 Å². The number of nitrogens with one attached hydrogen (secondary N) is 2. The molecule has 0 atom stereocenters. The number of rotatable bonds is 7. The number of nitrogens with zero attached hydrogens (tertiary/aromatic N) is 2. The van der Waals surface area contributed by atoms with E-state index in [1.54, 1.807) is 6.07 Å². The molecule has 2 aliphatic rings. The van der Waals surface area contributed by atoms with Crippen LogP contribution in [0.4, 0.5) is 20.6 Å². The molecule has 2 N–H and O–H groups in total. The zero-order valence-electron chi connectivity index (χ0n) is 19.4. The maximum Gasteiger partial charge on any atom is 0.319 e. The second-order valence-corrected chi connectivity index (χ2v) is 8.95. The van der Waals surface area contributed by atoms with Gasteiger partial charge in [0.25, 0.3) is 0 Å². The fourth-order valence-electron chi connectivity index (χ4n) is 4.83. The fraction of sp³-hybridized carbons (Fsp3) is 0.370. The summed E-state index contributed by atoms with van der Waals surface area (Å²) in [5.41, 5.74) is 3.08. The molecule has 3 aromatic carbocycles. The molecule has 178 valence electrons. The Hall–Kier alpha value is -3.32. The summed E-state index contributed by atoms with van der Waals surface area (Å²) in [5, 5.41) is 7.36. The molecule has 3 aromatic rings. The number of fused-ring (bicyclic) bond motifs is 2. The van der Waals surface area contributed by atoms with Gasteiger partial charge in [-0.2, -0.15) is 0 Å². The highest BCUT2D eigenvalue weighted by atomic mass is 19.1.